The molecule has 13 nitrogen and oxygen atoms in total. The number of amides is 3. The van der Waals surface area contributed by atoms with Crippen molar-refractivity contribution in [3.05, 3.63) is 130 Å². The van der Waals surface area contributed by atoms with E-state index in [9.17, 15) is 24.3 Å². The summed E-state index contributed by atoms with van der Waals surface area (Å²) in [7, 11) is 0. The first kappa shape index (κ1) is 34.8. The monoisotopic (exact) mass is 738 g/mol. The summed E-state index contributed by atoms with van der Waals surface area (Å²) < 4.78 is 4.80. The highest BCUT2D eigenvalue weighted by atomic mass is 32.2. The smallest absolute Gasteiger partial charge is 0.404 e. The van der Waals surface area contributed by atoms with Crippen molar-refractivity contribution in [1.29, 1.82) is 0 Å². The van der Waals surface area contributed by atoms with Crippen molar-refractivity contribution in [3.8, 4) is 0 Å². The molecule has 0 radical (unpaired) electrons. The summed E-state index contributed by atoms with van der Waals surface area (Å²) in [6, 6.07) is 29.0. The molecule has 0 spiro atoms. The van der Waals surface area contributed by atoms with E-state index in [2.05, 4.69) is 52.2 Å². The fourth-order valence-electron chi connectivity index (χ4n) is 6.24. The number of primary amides is 1. The molecule has 1 aliphatic carbocycles. The molecule has 0 bridgehead atoms. The number of rotatable bonds is 14. The van der Waals surface area contributed by atoms with Gasteiger partial charge in [0.05, 0.1) is 0 Å². The third-order valence-electron chi connectivity index (χ3n) is 8.96. The number of oxime groups is 1. The number of thioether (sulfide) groups is 1. The summed E-state index contributed by atoms with van der Waals surface area (Å²) in [6.07, 6.45) is 0.963. The highest BCUT2D eigenvalue weighted by molar-refractivity contribution is 8.00. The molecule has 2 fully saturated rings. The van der Waals surface area contributed by atoms with Crippen LogP contribution in [0.3, 0.4) is 0 Å². The van der Waals surface area contributed by atoms with Crippen molar-refractivity contribution in [2.24, 2.45) is 16.8 Å². The molecule has 1 saturated heterocycles. The van der Waals surface area contributed by atoms with E-state index in [0.717, 1.165) is 34.4 Å². The van der Waals surface area contributed by atoms with Crippen LogP contribution in [0.15, 0.2) is 113 Å². The number of ether oxygens (including phenoxy) is 1. The third kappa shape index (κ3) is 6.96. The second kappa shape index (κ2) is 14.9. The molecular formula is C37H34N6O7S2. The van der Waals surface area contributed by atoms with E-state index >= 15 is 0 Å². The van der Waals surface area contributed by atoms with Crippen molar-refractivity contribution in [3.63, 3.8) is 0 Å². The van der Waals surface area contributed by atoms with Crippen LogP contribution >= 0.6 is 23.1 Å². The van der Waals surface area contributed by atoms with Crippen molar-refractivity contribution < 1.29 is 33.9 Å². The highest BCUT2D eigenvalue weighted by Gasteiger charge is 2.54. The van der Waals surface area contributed by atoms with Gasteiger partial charge < -0.3 is 31.0 Å². The van der Waals surface area contributed by atoms with Crippen molar-refractivity contribution >= 4 is 57.8 Å². The lowest BCUT2D eigenvalue weighted by Gasteiger charge is -2.49. The molecule has 3 aromatic carbocycles. The van der Waals surface area contributed by atoms with Gasteiger partial charge in [0, 0.05) is 16.7 Å². The topological polar surface area (TPSA) is 186 Å². The summed E-state index contributed by atoms with van der Waals surface area (Å²) in [4.78, 5) is 62.1. The second-order valence-electron chi connectivity index (χ2n) is 12.4. The molecular weight excluding hydrogens is 705 g/mol. The van der Waals surface area contributed by atoms with Crippen LogP contribution in [0.25, 0.3) is 0 Å². The Labute approximate surface area is 306 Å². The molecule has 5 N–H and O–H groups in total. The molecule has 1 aromatic heterocycles. The Balaban J connectivity index is 1.18. The van der Waals surface area contributed by atoms with Crippen molar-refractivity contribution in [2.75, 3.05) is 24.3 Å². The number of fused-ring (bicyclic) bond motifs is 1. The standard InChI is InChI=1S/C37H34N6O7S2/c38-35(48)49-19-23-20-51-33-29(32(45)43(33)30(23)34(46)47)40-31(44)28(42-50-18-22-16-17-22)27-21-52-36(39-27)41-37(24-10-4-1-5-11-24,25-12-6-2-7-13-25)26-14-8-3-9-15-26/h1-15,21-22,29,33H,16-20H2,(H2,38,48)(H,39,41)(H,40,44)(H,46,47)/b42-28-/t29-,33-/m1/s1. The van der Waals surface area contributed by atoms with E-state index < -0.39 is 40.8 Å². The lowest BCUT2D eigenvalue weighted by Crippen LogP contribution is -2.71. The predicted molar refractivity (Wildman–Crippen MR) is 195 cm³/mol. The van der Waals surface area contributed by atoms with Crippen LogP contribution in [0.1, 0.15) is 35.2 Å². The molecule has 7 rings (SSSR count). The molecule has 3 amide bonds. The molecule has 3 aliphatic rings. The van der Waals surface area contributed by atoms with Crippen LogP contribution in [-0.2, 0) is 29.5 Å². The van der Waals surface area contributed by atoms with Crippen LogP contribution < -0.4 is 16.4 Å². The van der Waals surface area contributed by atoms with Gasteiger partial charge in [-0.05, 0) is 35.4 Å². The van der Waals surface area contributed by atoms with Gasteiger partial charge >= 0.3 is 12.1 Å². The molecule has 15 heteroatoms. The zero-order chi connectivity index (χ0) is 36.2. The Morgan fingerprint density at radius 2 is 1.56 bits per heavy atom. The Bertz CT molecular complexity index is 1940. The van der Waals surface area contributed by atoms with Crippen LogP contribution in [0, 0.1) is 5.92 Å². The number of hydrogen-bond acceptors (Lipinski definition) is 11. The number of anilines is 1. The molecule has 52 heavy (non-hydrogen) atoms. The number of aromatic nitrogens is 1. The highest BCUT2D eigenvalue weighted by Crippen LogP contribution is 2.42. The fourth-order valence-corrected chi connectivity index (χ4v) is 8.32. The van der Waals surface area contributed by atoms with Crippen LogP contribution in [0.5, 0.6) is 0 Å². The molecule has 1 saturated carbocycles. The van der Waals surface area contributed by atoms with Gasteiger partial charge in [0.2, 0.25) is 0 Å². The van der Waals surface area contributed by atoms with Crippen LogP contribution in [-0.4, -0.2) is 75.0 Å². The Hall–Kier alpha value is -5.67. The minimum Gasteiger partial charge on any atom is -0.477 e. The van der Waals surface area contributed by atoms with E-state index in [-0.39, 0.29) is 35.0 Å². The number of β-lactam (4-membered cyclic amide) rings is 1. The average Bonchev–Trinajstić information content (AvgIpc) is 3.89. The quantitative estimate of drug-likeness (QED) is 0.0621. The van der Waals surface area contributed by atoms with Gasteiger partial charge in [0.15, 0.2) is 10.8 Å². The number of carbonyl (C=O) groups is 4. The summed E-state index contributed by atoms with van der Waals surface area (Å²) >= 11 is 2.52. The number of nitrogens with two attached hydrogens (primary N) is 1. The number of carboxylic acids is 1. The Morgan fingerprint density at radius 1 is 0.962 bits per heavy atom. The number of benzene rings is 3. The first-order valence-corrected chi connectivity index (χ1v) is 18.4. The normalized spacial score (nSPS) is 18.6. The molecule has 266 valence electrons. The number of nitrogens with zero attached hydrogens (tertiary/aromatic N) is 3. The van der Waals surface area contributed by atoms with E-state index in [1.165, 1.54) is 23.1 Å². The van der Waals surface area contributed by atoms with Crippen LogP contribution in [0.2, 0.25) is 0 Å². The number of aliphatic carboxylic acids is 1. The SMILES string of the molecule is NC(=O)OCC1=C(C(=O)O)N2C(=O)[C@@H](NC(=O)/C(=N\OCC3CC3)c3csc(NC(c4ccccc4)(c4ccccc4)c4ccccc4)n3)[C@H]2SC1. The van der Waals surface area contributed by atoms with Gasteiger partial charge in [-0.2, -0.15) is 0 Å². The first-order chi connectivity index (χ1) is 25.3. The predicted octanol–water partition coefficient (Wildman–Crippen LogP) is 4.51. The number of hydrogen-bond donors (Lipinski definition) is 4. The van der Waals surface area contributed by atoms with Gasteiger partial charge in [-0.25, -0.2) is 14.6 Å². The van der Waals surface area contributed by atoms with Gasteiger partial charge in [-0.3, -0.25) is 14.5 Å². The lowest BCUT2D eigenvalue weighted by atomic mass is 9.77. The number of carboxylic acid groups (broad SMARTS) is 1. The zero-order valence-electron chi connectivity index (χ0n) is 27.6. The van der Waals surface area contributed by atoms with Crippen molar-refractivity contribution in [1.82, 2.24) is 15.2 Å². The Morgan fingerprint density at radius 3 is 2.10 bits per heavy atom. The van der Waals surface area contributed by atoms with E-state index in [0.29, 0.717) is 17.7 Å². The van der Waals surface area contributed by atoms with E-state index in [1.54, 1.807) is 5.38 Å². The van der Waals surface area contributed by atoms with Gasteiger partial charge in [0.1, 0.15) is 41.6 Å². The lowest BCUT2D eigenvalue weighted by molar-refractivity contribution is -0.150. The van der Waals surface area contributed by atoms with E-state index in [4.69, 9.17) is 20.3 Å². The maximum atomic E-state index is 13.9. The fraction of sp³-hybridized carbons (Fsp3) is 0.243. The van der Waals surface area contributed by atoms with Crippen molar-refractivity contribution in [2.45, 2.75) is 29.8 Å². The molecule has 0 unspecified atom stereocenters. The minimum absolute atomic E-state index is 0.119. The average molecular weight is 739 g/mol. The first-order valence-electron chi connectivity index (χ1n) is 16.5. The van der Waals surface area contributed by atoms with E-state index in [1.807, 2.05) is 54.6 Å². The number of carbonyl (C=O) groups excluding carboxylic acids is 3. The maximum absolute atomic E-state index is 13.9. The second-order valence-corrected chi connectivity index (χ2v) is 14.4. The number of nitrogens with one attached hydrogen (secondary N) is 2. The summed E-state index contributed by atoms with van der Waals surface area (Å²) in [5.74, 6) is -2.18. The van der Waals surface area contributed by atoms with Crippen LogP contribution in [0.4, 0.5) is 9.93 Å². The summed E-state index contributed by atoms with van der Waals surface area (Å²) in [5, 5.41) is 22.1. The number of thiazole rings is 1. The maximum Gasteiger partial charge on any atom is 0.404 e. The third-order valence-corrected chi connectivity index (χ3v) is 11.1. The summed E-state index contributed by atoms with van der Waals surface area (Å²) in [6.45, 7) is -0.0321. The van der Waals surface area contributed by atoms with Gasteiger partial charge in [0.25, 0.3) is 11.8 Å². The minimum atomic E-state index is -1.36. The zero-order valence-corrected chi connectivity index (χ0v) is 29.3. The molecule has 4 aromatic rings. The van der Waals surface area contributed by atoms with Gasteiger partial charge in [-0.15, -0.1) is 23.1 Å². The molecule has 3 heterocycles. The molecule has 2 atom stereocenters. The van der Waals surface area contributed by atoms with Gasteiger partial charge in [-0.1, -0.05) is 96.2 Å². The largest absolute Gasteiger partial charge is 0.477 e. The Kier molecular flexibility index (Phi) is 9.96. The molecule has 2 aliphatic heterocycles. The summed E-state index contributed by atoms with van der Waals surface area (Å²) in [5.41, 5.74) is 7.16.